The SMILES string of the molecule is O=C(Nc1ccn(CCc2ccncc2)n1)c1ccccc1F. The van der Waals surface area contributed by atoms with E-state index in [1.807, 2.05) is 12.1 Å². The lowest BCUT2D eigenvalue weighted by atomic mass is 10.2. The summed E-state index contributed by atoms with van der Waals surface area (Å²) in [4.78, 5) is 16.0. The first-order valence-electron chi connectivity index (χ1n) is 7.20. The number of carbonyl (C=O) groups excluding carboxylic acids is 1. The molecule has 1 aromatic carbocycles. The van der Waals surface area contributed by atoms with E-state index in [0.717, 1.165) is 12.0 Å². The molecule has 116 valence electrons. The number of nitrogens with one attached hydrogen (secondary N) is 1. The third-order valence-corrected chi connectivity index (χ3v) is 3.38. The minimum absolute atomic E-state index is 0.00108. The number of carbonyl (C=O) groups is 1. The lowest BCUT2D eigenvalue weighted by molar-refractivity contribution is 0.102. The van der Waals surface area contributed by atoms with Gasteiger partial charge in [0.1, 0.15) is 5.82 Å². The maximum Gasteiger partial charge on any atom is 0.259 e. The van der Waals surface area contributed by atoms with E-state index in [0.29, 0.717) is 12.4 Å². The first kappa shape index (κ1) is 14.9. The molecule has 3 aromatic rings. The molecule has 0 saturated heterocycles. The number of nitrogens with zero attached hydrogens (tertiary/aromatic N) is 3. The third-order valence-electron chi connectivity index (χ3n) is 3.38. The molecule has 3 rings (SSSR count). The van der Waals surface area contributed by atoms with Crippen molar-refractivity contribution in [3.63, 3.8) is 0 Å². The Bertz CT molecular complexity index is 801. The van der Waals surface area contributed by atoms with Crippen molar-refractivity contribution >= 4 is 11.7 Å². The number of pyridine rings is 1. The summed E-state index contributed by atoms with van der Waals surface area (Å²) in [6.07, 6.45) is 6.08. The van der Waals surface area contributed by atoms with Crippen LogP contribution in [0.4, 0.5) is 10.2 Å². The molecule has 1 amide bonds. The summed E-state index contributed by atoms with van der Waals surface area (Å²) < 4.78 is 15.3. The summed E-state index contributed by atoms with van der Waals surface area (Å²) >= 11 is 0. The van der Waals surface area contributed by atoms with Crippen molar-refractivity contribution in [1.29, 1.82) is 0 Å². The monoisotopic (exact) mass is 310 g/mol. The molecule has 23 heavy (non-hydrogen) atoms. The summed E-state index contributed by atoms with van der Waals surface area (Å²) in [7, 11) is 0. The van der Waals surface area contributed by atoms with Gasteiger partial charge in [-0.1, -0.05) is 12.1 Å². The zero-order valence-corrected chi connectivity index (χ0v) is 12.3. The van der Waals surface area contributed by atoms with Gasteiger partial charge in [0, 0.05) is 31.2 Å². The molecular formula is C17H15FN4O. The van der Waals surface area contributed by atoms with Gasteiger partial charge in [0.05, 0.1) is 5.56 Å². The van der Waals surface area contributed by atoms with Crippen LogP contribution in [0, 0.1) is 5.82 Å². The van der Waals surface area contributed by atoms with Gasteiger partial charge in [-0.25, -0.2) is 4.39 Å². The summed E-state index contributed by atoms with van der Waals surface area (Å²) in [5.74, 6) is -0.669. The van der Waals surface area contributed by atoms with Crippen molar-refractivity contribution in [2.75, 3.05) is 5.32 Å². The van der Waals surface area contributed by atoms with Crippen LogP contribution in [-0.4, -0.2) is 20.7 Å². The largest absolute Gasteiger partial charge is 0.305 e. The van der Waals surface area contributed by atoms with Gasteiger partial charge in [-0.3, -0.25) is 14.5 Å². The molecule has 0 aliphatic carbocycles. The number of amides is 1. The van der Waals surface area contributed by atoms with Gasteiger partial charge in [-0.15, -0.1) is 0 Å². The molecule has 0 bridgehead atoms. The number of aryl methyl sites for hydroxylation is 2. The Labute approximate surface area is 132 Å². The Kier molecular flexibility index (Phi) is 4.42. The van der Waals surface area contributed by atoms with E-state index in [-0.39, 0.29) is 5.56 Å². The first-order chi connectivity index (χ1) is 11.2. The van der Waals surface area contributed by atoms with Crippen molar-refractivity contribution in [2.24, 2.45) is 0 Å². The maximum absolute atomic E-state index is 13.6. The summed E-state index contributed by atoms with van der Waals surface area (Å²) in [5, 5.41) is 6.86. The fourth-order valence-corrected chi connectivity index (χ4v) is 2.17. The van der Waals surface area contributed by atoms with E-state index in [1.165, 1.54) is 12.1 Å². The van der Waals surface area contributed by atoms with Crippen LogP contribution in [0.1, 0.15) is 15.9 Å². The number of benzene rings is 1. The Morgan fingerprint density at radius 3 is 2.70 bits per heavy atom. The maximum atomic E-state index is 13.6. The van der Waals surface area contributed by atoms with Crippen LogP contribution in [0.5, 0.6) is 0 Å². The van der Waals surface area contributed by atoms with Crippen LogP contribution >= 0.6 is 0 Å². The zero-order valence-electron chi connectivity index (χ0n) is 12.3. The highest BCUT2D eigenvalue weighted by atomic mass is 19.1. The minimum atomic E-state index is -0.554. The molecule has 2 aromatic heterocycles. The van der Waals surface area contributed by atoms with E-state index >= 15 is 0 Å². The molecule has 0 unspecified atom stereocenters. The molecule has 5 nitrogen and oxygen atoms in total. The second-order valence-corrected chi connectivity index (χ2v) is 5.00. The van der Waals surface area contributed by atoms with Crippen LogP contribution in [0.3, 0.4) is 0 Å². The lowest BCUT2D eigenvalue weighted by Crippen LogP contribution is -2.14. The molecule has 0 atom stereocenters. The zero-order chi connectivity index (χ0) is 16.1. The van der Waals surface area contributed by atoms with Crippen LogP contribution in [-0.2, 0) is 13.0 Å². The predicted octanol–water partition coefficient (Wildman–Crippen LogP) is 2.91. The van der Waals surface area contributed by atoms with Gasteiger partial charge >= 0.3 is 0 Å². The van der Waals surface area contributed by atoms with Gasteiger partial charge in [0.15, 0.2) is 5.82 Å². The minimum Gasteiger partial charge on any atom is -0.305 e. The van der Waals surface area contributed by atoms with E-state index < -0.39 is 11.7 Å². The van der Waals surface area contributed by atoms with Crippen molar-refractivity contribution in [1.82, 2.24) is 14.8 Å². The fourth-order valence-electron chi connectivity index (χ4n) is 2.17. The van der Waals surface area contributed by atoms with Crippen LogP contribution in [0.2, 0.25) is 0 Å². The average Bonchev–Trinajstić information content (AvgIpc) is 3.02. The second-order valence-electron chi connectivity index (χ2n) is 5.00. The van der Waals surface area contributed by atoms with E-state index in [9.17, 15) is 9.18 Å². The number of aromatic nitrogens is 3. The van der Waals surface area contributed by atoms with Crippen molar-refractivity contribution in [2.45, 2.75) is 13.0 Å². The van der Waals surface area contributed by atoms with Gasteiger partial charge in [-0.2, -0.15) is 5.10 Å². The third kappa shape index (κ3) is 3.79. The normalized spacial score (nSPS) is 10.5. The Hall–Kier alpha value is -3.02. The molecule has 0 fully saturated rings. The molecule has 1 N–H and O–H groups in total. The number of anilines is 1. The molecular weight excluding hydrogens is 295 g/mol. The van der Waals surface area contributed by atoms with Crippen molar-refractivity contribution in [3.05, 3.63) is 78.0 Å². The topological polar surface area (TPSA) is 59.8 Å². The summed E-state index contributed by atoms with van der Waals surface area (Å²) in [6.45, 7) is 0.680. The van der Waals surface area contributed by atoms with Gasteiger partial charge in [-0.05, 0) is 36.2 Å². The molecule has 0 saturated carbocycles. The molecule has 0 spiro atoms. The molecule has 0 aliphatic rings. The fraction of sp³-hybridized carbons (Fsp3) is 0.118. The quantitative estimate of drug-likeness (QED) is 0.788. The number of hydrogen-bond donors (Lipinski definition) is 1. The van der Waals surface area contributed by atoms with Crippen molar-refractivity contribution < 1.29 is 9.18 Å². The summed E-state index contributed by atoms with van der Waals surface area (Å²) in [5.41, 5.74) is 1.16. The van der Waals surface area contributed by atoms with Crippen LogP contribution in [0.15, 0.2) is 61.1 Å². The Morgan fingerprint density at radius 2 is 1.91 bits per heavy atom. The lowest BCUT2D eigenvalue weighted by Gasteiger charge is -2.04. The van der Waals surface area contributed by atoms with Crippen LogP contribution < -0.4 is 5.32 Å². The molecule has 2 heterocycles. The number of rotatable bonds is 5. The van der Waals surface area contributed by atoms with E-state index in [2.05, 4.69) is 15.4 Å². The van der Waals surface area contributed by atoms with Crippen LogP contribution in [0.25, 0.3) is 0 Å². The standard InChI is InChI=1S/C17H15FN4O/c18-15-4-2-1-3-14(15)17(23)20-16-8-12-22(21-16)11-7-13-5-9-19-10-6-13/h1-6,8-10,12H,7,11H2,(H,20,21,23). The van der Waals surface area contributed by atoms with Gasteiger partial charge in [0.2, 0.25) is 0 Å². The molecule has 6 heteroatoms. The van der Waals surface area contributed by atoms with Crippen molar-refractivity contribution in [3.8, 4) is 0 Å². The summed E-state index contributed by atoms with van der Waals surface area (Å²) in [6, 6.07) is 11.4. The highest BCUT2D eigenvalue weighted by molar-refractivity contribution is 6.03. The first-order valence-corrected chi connectivity index (χ1v) is 7.20. The average molecular weight is 310 g/mol. The molecule has 0 radical (unpaired) electrons. The second kappa shape index (κ2) is 6.83. The van der Waals surface area contributed by atoms with Gasteiger partial charge < -0.3 is 5.32 Å². The molecule has 0 aliphatic heterocycles. The van der Waals surface area contributed by atoms with E-state index in [4.69, 9.17) is 0 Å². The Morgan fingerprint density at radius 1 is 1.13 bits per heavy atom. The predicted molar refractivity (Wildman–Crippen MR) is 84.5 cm³/mol. The number of halogens is 1. The Balaban J connectivity index is 1.61. The van der Waals surface area contributed by atoms with E-state index in [1.54, 1.807) is 41.5 Å². The number of hydrogen-bond acceptors (Lipinski definition) is 3. The smallest absolute Gasteiger partial charge is 0.259 e. The highest BCUT2D eigenvalue weighted by Gasteiger charge is 2.12. The van der Waals surface area contributed by atoms with Gasteiger partial charge in [0.25, 0.3) is 5.91 Å². The highest BCUT2D eigenvalue weighted by Crippen LogP contribution is 2.10.